The largest absolute Gasteiger partial charge is 0.342 e. The fourth-order valence-corrected chi connectivity index (χ4v) is 2.81. The molecule has 0 bridgehead atoms. The number of nitrogens with zero attached hydrogens (tertiary/aromatic N) is 5. The number of aromatic amines is 1. The van der Waals surface area contributed by atoms with Gasteiger partial charge in [-0.25, -0.2) is 18.9 Å². The predicted molar refractivity (Wildman–Crippen MR) is 89.1 cm³/mol. The second kappa shape index (κ2) is 6.01. The van der Waals surface area contributed by atoms with Gasteiger partial charge in [-0.15, -0.1) is 0 Å². The van der Waals surface area contributed by atoms with Crippen LogP contribution in [0.3, 0.4) is 0 Å². The Bertz CT molecular complexity index is 989. The zero-order valence-electron chi connectivity index (χ0n) is 13.3. The molecule has 1 aromatic carbocycles. The molecule has 122 valence electrons. The molecular weight excluding hydrogens is 307 g/mol. The van der Waals surface area contributed by atoms with Gasteiger partial charge in [0.2, 0.25) is 0 Å². The Hall–Kier alpha value is -2.80. The normalized spacial score (nSPS) is 11.8. The summed E-state index contributed by atoms with van der Waals surface area (Å²) in [6.07, 6.45) is 6.27. The number of halogens is 1. The molecule has 3 aromatic heterocycles. The van der Waals surface area contributed by atoms with Crippen LogP contribution in [0.4, 0.5) is 4.39 Å². The number of benzene rings is 1. The van der Waals surface area contributed by atoms with Crippen molar-refractivity contribution in [1.82, 2.24) is 29.5 Å². The molecule has 0 atom stereocenters. The van der Waals surface area contributed by atoms with E-state index in [1.54, 1.807) is 16.8 Å². The van der Waals surface area contributed by atoms with E-state index in [0.717, 1.165) is 47.6 Å². The molecule has 0 aliphatic rings. The van der Waals surface area contributed by atoms with Gasteiger partial charge in [0, 0.05) is 37.5 Å². The van der Waals surface area contributed by atoms with Crippen LogP contribution in [0.1, 0.15) is 11.4 Å². The number of hydrogen-bond acceptors (Lipinski definition) is 4. The Labute approximate surface area is 138 Å². The van der Waals surface area contributed by atoms with E-state index in [9.17, 15) is 4.39 Å². The fraction of sp³-hybridized carbons (Fsp3) is 0.235. The van der Waals surface area contributed by atoms with Crippen LogP contribution in [0.25, 0.3) is 16.7 Å². The van der Waals surface area contributed by atoms with E-state index in [4.69, 9.17) is 0 Å². The quantitative estimate of drug-likeness (QED) is 0.612. The topological polar surface area (TPSA) is 62.1 Å². The molecule has 4 aromatic rings. The Kier molecular flexibility index (Phi) is 3.70. The van der Waals surface area contributed by atoms with Crippen molar-refractivity contribution in [3.05, 3.63) is 60.1 Å². The third-order valence-corrected chi connectivity index (χ3v) is 4.02. The van der Waals surface area contributed by atoms with Crippen molar-refractivity contribution < 1.29 is 4.39 Å². The van der Waals surface area contributed by atoms with Crippen LogP contribution < -0.4 is 0 Å². The van der Waals surface area contributed by atoms with E-state index in [1.807, 2.05) is 18.5 Å². The average molecular weight is 324 g/mol. The Morgan fingerprint density at radius 2 is 2.25 bits per heavy atom. The molecule has 1 N–H and O–H groups in total. The molecule has 7 heteroatoms. The highest BCUT2D eigenvalue weighted by molar-refractivity contribution is 5.74. The zero-order valence-corrected chi connectivity index (χ0v) is 13.3. The maximum absolute atomic E-state index is 13.2. The highest BCUT2D eigenvalue weighted by Crippen LogP contribution is 2.14. The first-order valence-corrected chi connectivity index (χ1v) is 7.79. The van der Waals surface area contributed by atoms with E-state index in [-0.39, 0.29) is 5.82 Å². The second-order valence-corrected chi connectivity index (χ2v) is 5.89. The summed E-state index contributed by atoms with van der Waals surface area (Å²) >= 11 is 0. The SMILES string of the molecule is CN(CCc1nc2ccc(F)cc2[nH]1)Cc1cnn2cccnc12. The van der Waals surface area contributed by atoms with Crippen LogP contribution in [0.5, 0.6) is 0 Å². The first-order chi connectivity index (χ1) is 11.7. The highest BCUT2D eigenvalue weighted by atomic mass is 19.1. The van der Waals surface area contributed by atoms with Gasteiger partial charge >= 0.3 is 0 Å². The van der Waals surface area contributed by atoms with Gasteiger partial charge in [-0.05, 0) is 31.3 Å². The number of hydrogen-bond donors (Lipinski definition) is 1. The van der Waals surface area contributed by atoms with Crippen LogP contribution in [-0.4, -0.2) is 43.1 Å². The molecule has 0 saturated carbocycles. The summed E-state index contributed by atoms with van der Waals surface area (Å²) in [5, 5.41) is 4.30. The van der Waals surface area contributed by atoms with Gasteiger partial charge in [0.1, 0.15) is 11.6 Å². The molecule has 0 aliphatic heterocycles. The van der Waals surface area contributed by atoms with Crippen LogP contribution in [0.2, 0.25) is 0 Å². The van der Waals surface area contributed by atoms with Crippen molar-refractivity contribution in [2.45, 2.75) is 13.0 Å². The molecule has 0 saturated heterocycles. The summed E-state index contributed by atoms with van der Waals surface area (Å²) < 4.78 is 15.0. The standard InChI is InChI=1S/C17H17FN6/c1-23(11-12-10-20-24-7-2-6-19-17(12)24)8-5-16-21-14-4-3-13(18)9-15(14)22-16/h2-4,6-7,9-10H,5,8,11H2,1H3,(H,21,22). The smallest absolute Gasteiger partial charge is 0.159 e. The van der Waals surface area contributed by atoms with Gasteiger partial charge in [-0.2, -0.15) is 5.10 Å². The summed E-state index contributed by atoms with van der Waals surface area (Å²) in [5.74, 6) is 0.607. The Morgan fingerprint density at radius 3 is 3.17 bits per heavy atom. The van der Waals surface area contributed by atoms with Crippen molar-refractivity contribution >= 4 is 16.7 Å². The summed E-state index contributed by atoms with van der Waals surface area (Å²) in [6, 6.07) is 6.45. The second-order valence-electron chi connectivity index (χ2n) is 5.89. The molecule has 0 fully saturated rings. The van der Waals surface area contributed by atoms with Crippen LogP contribution in [0, 0.1) is 5.82 Å². The minimum absolute atomic E-state index is 0.254. The van der Waals surface area contributed by atoms with Gasteiger partial charge in [-0.1, -0.05) is 0 Å². The third-order valence-electron chi connectivity index (χ3n) is 4.02. The minimum atomic E-state index is -0.254. The number of imidazole rings is 1. The maximum Gasteiger partial charge on any atom is 0.159 e. The number of H-pyrrole nitrogens is 1. The van der Waals surface area contributed by atoms with Gasteiger partial charge in [0.05, 0.1) is 17.2 Å². The van der Waals surface area contributed by atoms with E-state index in [0.29, 0.717) is 0 Å². The Balaban J connectivity index is 1.43. The third kappa shape index (κ3) is 2.85. The van der Waals surface area contributed by atoms with Crippen molar-refractivity contribution in [3.8, 4) is 0 Å². The zero-order chi connectivity index (χ0) is 16.5. The van der Waals surface area contributed by atoms with Crippen LogP contribution in [-0.2, 0) is 13.0 Å². The summed E-state index contributed by atoms with van der Waals surface area (Å²) in [7, 11) is 2.05. The van der Waals surface area contributed by atoms with Crippen molar-refractivity contribution in [1.29, 1.82) is 0 Å². The van der Waals surface area contributed by atoms with Crippen molar-refractivity contribution in [2.24, 2.45) is 0 Å². The monoisotopic (exact) mass is 324 g/mol. The minimum Gasteiger partial charge on any atom is -0.342 e. The Morgan fingerprint density at radius 1 is 1.33 bits per heavy atom. The summed E-state index contributed by atoms with van der Waals surface area (Å²) in [6.45, 7) is 1.59. The molecule has 0 spiro atoms. The lowest BCUT2D eigenvalue weighted by atomic mass is 10.3. The molecule has 3 heterocycles. The van der Waals surface area contributed by atoms with Gasteiger partial charge in [0.15, 0.2) is 5.65 Å². The van der Waals surface area contributed by atoms with Crippen molar-refractivity contribution in [2.75, 3.05) is 13.6 Å². The first kappa shape index (κ1) is 14.8. The first-order valence-electron chi connectivity index (χ1n) is 7.79. The molecule has 0 radical (unpaired) electrons. The van der Waals surface area contributed by atoms with Crippen molar-refractivity contribution in [3.63, 3.8) is 0 Å². The molecule has 0 unspecified atom stereocenters. The lowest BCUT2D eigenvalue weighted by Crippen LogP contribution is -2.21. The fourth-order valence-electron chi connectivity index (χ4n) is 2.81. The van der Waals surface area contributed by atoms with E-state index < -0.39 is 0 Å². The summed E-state index contributed by atoms with van der Waals surface area (Å²) in [5.41, 5.74) is 3.49. The number of aromatic nitrogens is 5. The highest BCUT2D eigenvalue weighted by Gasteiger charge is 2.09. The number of nitrogens with one attached hydrogen (secondary N) is 1. The lowest BCUT2D eigenvalue weighted by molar-refractivity contribution is 0.330. The maximum atomic E-state index is 13.2. The predicted octanol–water partition coefficient (Wildman–Crippen LogP) is 2.42. The van der Waals surface area contributed by atoms with E-state index in [2.05, 4.69) is 32.0 Å². The molecule has 4 rings (SSSR count). The lowest BCUT2D eigenvalue weighted by Gasteiger charge is -2.14. The number of rotatable bonds is 5. The van der Waals surface area contributed by atoms with Crippen LogP contribution in [0.15, 0.2) is 42.9 Å². The number of likely N-dealkylation sites (N-methyl/N-ethyl adjacent to an activating group) is 1. The van der Waals surface area contributed by atoms with Gasteiger partial charge < -0.3 is 9.88 Å². The molecule has 24 heavy (non-hydrogen) atoms. The average Bonchev–Trinajstić information content (AvgIpc) is 3.17. The van der Waals surface area contributed by atoms with E-state index >= 15 is 0 Å². The van der Waals surface area contributed by atoms with Gasteiger partial charge in [0.25, 0.3) is 0 Å². The van der Waals surface area contributed by atoms with Crippen LogP contribution >= 0.6 is 0 Å². The molecule has 6 nitrogen and oxygen atoms in total. The van der Waals surface area contributed by atoms with E-state index in [1.165, 1.54) is 12.1 Å². The molecule has 0 aliphatic carbocycles. The molecular formula is C17H17FN6. The van der Waals surface area contributed by atoms with Gasteiger partial charge in [-0.3, -0.25) is 0 Å². The molecule has 0 amide bonds. The summed E-state index contributed by atoms with van der Waals surface area (Å²) in [4.78, 5) is 14.2. The number of fused-ring (bicyclic) bond motifs is 2.